The van der Waals surface area contributed by atoms with Crippen LogP contribution >= 0.6 is 11.3 Å². The lowest BCUT2D eigenvalue weighted by atomic mass is 9.70. The van der Waals surface area contributed by atoms with Crippen molar-refractivity contribution in [3.05, 3.63) is 52.1 Å². The predicted molar refractivity (Wildman–Crippen MR) is 219 cm³/mol. The number of hydrogen-bond donors (Lipinski definition) is 2. The first-order valence-corrected chi connectivity index (χ1v) is 21.5. The molecule has 4 saturated heterocycles. The minimum Gasteiger partial charge on any atom is -0.378 e. The molecule has 3 N–H and O–H groups in total. The van der Waals surface area contributed by atoms with Crippen LogP contribution in [0.25, 0.3) is 33.4 Å². The number of ether oxygens (including phenoxy) is 2. The van der Waals surface area contributed by atoms with Gasteiger partial charge in [-0.2, -0.15) is 0 Å². The molecule has 1 aromatic carbocycles. The largest absolute Gasteiger partial charge is 0.378 e. The van der Waals surface area contributed by atoms with Gasteiger partial charge in [-0.1, -0.05) is 19.9 Å². The van der Waals surface area contributed by atoms with E-state index < -0.39 is 6.04 Å². The molecule has 13 heteroatoms. The molecule has 4 aromatic rings. The normalized spacial score (nSPS) is 27.5. The lowest BCUT2D eigenvalue weighted by Crippen LogP contribution is -2.71. The molecule has 1 amide bonds. The van der Waals surface area contributed by atoms with Crippen molar-refractivity contribution in [1.29, 1.82) is 0 Å². The van der Waals surface area contributed by atoms with Crippen molar-refractivity contribution in [2.24, 2.45) is 17.1 Å². The topological polar surface area (TPSA) is 131 Å². The van der Waals surface area contributed by atoms with Gasteiger partial charge in [-0.25, -0.2) is 10.4 Å². The smallest absolute Gasteiger partial charge is 0.254 e. The highest BCUT2D eigenvalue weighted by atomic mass is 32.1. The number of nitrogens with zero attached hydrogens (tertiary/aromatic N) is 6. The zero-order chi connectivity index (χ0) is 38.9. The number of rotatable bonds is 5. The Kier molecular flexibility index (Phi) is 10.1. The molecule has 6 aliphatic rings. The van der Waals surface area contributed by atoms with Crippen molar-refractivity contribution >= 4 is 39.6 Å². The van der Waals surface area contributed by atoms with E-state index in [0.717, 1.165) is 110 Å². The van der Waals surface area contributed by atoms with Crippen molar-refractivity contribution in [3.8, 4) is 22.5 Å². The molecule has 1 aliphatic carbocycles. The summed E-state index contributed by atoms with van der Waals surface area (Å²) in [6.45, 7) is 15.0. The number of aromatic nitrogens is 3. The number of amides is 1. The summed E-state index contributed by atoms with van der Waals surface area (Å²) in [5.41, 5.74) is 18.3. The Labute approximate surface area is 333 Å². The summed E-state index contributed by atoms with van der Waals surface area (Å²) < 4.78 is 14.3. The van der Waals surface area contributed by atoms with Crippen LogP contribution < -0.4 is 16.1 Å². The minimum absolute atomic E-state index is 0.0901. The lowest BCUT2D eigenvalue weighted by molar-refractivity contribution is -0.157. The van der Waals surface area contributed by atoms with E-state index in [4.69, 9.17) is 25.2 Å². The van der Waals surface area contributed by atoms with Crippen LogP contribution in [0.2, 0.25) is 0 Å². The average Bonchev–Trinajstić information content (AvgIpc) is 3.79. The first-order chi connectivity index (χ1) is 27.0. The van der Waals surface area contributed by atoms with Gasteiger partial charge in [0.1, 0.15) is 0 Å². The van der Waals surface area contributed by atoms with Gasteiger partial charge in [0, 0.05) is 86.1 Å². The van der Waals surface area contributed by atoms with Gasteiger partial charge in [0.2, 0.25) is 0 Å². The van der Waals surface area contributed by atoms with E-state index in [1.165, 1.54) is 10.9 Å². The van der Waals surface area contributed by atoms with E-state index in [1.807, 2.05) is 6.20 Å². The van der Waals surface area contributed by atoms with Gasteiger partial charge in [-0.15, -0.1) is 11.3 Å². The molecule has 10 rings (SSSR count). The van der Waals surface area contributed by atoms with E-state index >= 15 is 0 Å². The number of methoxy groups -OCH3 is 1. The summed E-state index contributed by atoms with van der Waals surface area (Å²) in [6.07, 6.45) is 5.75. The molecule has 8 heterocycles. The third-order valence-electron chi connectivity index (χ3n) is 13.3. The van der Waals surface area contributed by atoms with E-state index in [-0.39, 0.29) is 41.2 Å². The number of aryl methyl sites for hydroxylation is 1. The molecule has 3 aromatic heterocycles. The van der Waals surface area contributed by atoms with Crippen LogP contribution in [-0.2, 0) is 38.4 Å². The van der Waals surface area contributed by atoms with Crippen LogP contribution in [0.4, 0.5) is 5.69 Å². The first-order valence-electron chi connectivity index (χ1n) is 20.6. The molecule has 5 aliphatic heterocycles. The van der Waals surface area contributed by atoms with Crippen LogP contribution in [0.1, 0.15) is 75.7 Å². The van der Waals surface area contributed by atoms with Gasteiger partial charge in [0.15, 0.2) is 5.78 Å². The van der Waals surface area contributed by atoms with E-state index in [1.54, 1.807) is 23.5 Å². The summed E-state index contributed by atoms with van der Waals surface area (Å²) in [7, 11) is 1.75. The van der Waals surface area contributed by atoms with Gasteiger partial charge in [0.25, 0.3) is 5.91 Å². The van der Waals surface area contributed by atoms with Crippen LogP contribution in [0.5, 0.6) is 0 Å². The van der Waals surface area contributed by atoms with Crippen molar-refractivity contribution in [3.63, 3.8) is 0 Å². The summed E-state index contributed by atoms with van der Waals surface area (Å²) in [4.78, 5) is 42.9. The Bertz CT molecular complexity index is 2140. The zero-order valence-electron chi connectivity index (χ0n) is 33.4. The zero-order valence-corrected chi connectivity index (χ0v) is 34.2. The Morgan fingerprint density at radius 1 is 1.14 bits per heavy atom. The standard InChI is InChI=1S/C43H56N8O4S/c1-6-50-36-8-7-26-17-31(36)33(41(50)32-18-29(21-45-39(32)25(2)54-5)49-12-11-48-13-14-55-23-30(48)22-49)20-43(3,4)10-9-37(52)40-27-15-28(16-27)51(47-40)42(53)34(44)19-38-46-35(26)24-56-38/h7-8,17-18,21,24-25,27-28,30,34,40,47H,6,9-16,19-20,22-23,44H2,1-5H3/t25-,27?,28?,30-,34-,40-/m0/s1. The number of nitrogens with one attached hydrogen (secondary N) is 1. The lowest BCUT2D eigenvalue weighted by Gasteiger charge is -2.53. The molecule has 1 saturated carbocycles. The van der Waals surface area contributed by atoms with Crippen molar-refractivity contribution in [2.75, 3.05) is 51.4 Å². The second-order valence-electron chi connectivity index (χ2n) is 17.5. The second kappa shape index (κ2) is 14.9. The number of piperazine rings is 1. The molecule has 298 valence electrons. The molecule has 8 bridgehead atoms. The third-order valence-corrected chi connectivity index (χ3v) is 14.2. The Morgan fingerprint density at radius 2 is 1.98 bits per heavy atom. The van der Waals surface area contributed by atoms with Crippen LogP contribution in [0.3, 0.4) is 0 Å². The van der Waals surface area contributed by atoms with Gasteiger partial charge < -0.3 is 24.7 Å². The molecule has 4 atom stereocenters. The van der Waals surface area contributed by atoms with Crippen LogP contribution in [-0.4, -0.2) is 107 Å². The minimum atomic E-state index is -0.740. The fourth-order valence-corrected chi connectivity index (χ4v) is 10.7. The fraction of sp³-hybridized carbons (Fsp3) is 0.581. The summed E-state index contributed by atoms with van der Waals surface area (Å²) in [5.74, 6) is 0.271. The number of carbonyl (C=O) groups excluding carboxylic acids is 2. The van der Waals surface area contributed by atoms with Crippen LogP contribution in [0.15, 0.2) is 35.8 Å². The Hall–Kier alpha value is -3.72. The predicted octanol–water partition coefficient (Wildman–Crippen LogP) is 5.37. The molecule has 56 heavy (non-hydrogen) atoms. The van der Waals surface area contributed by atoms with Gasteiger partial charge in [-0.05, 0) is 74.6 Å². The number of pyridine rings is 1. The van der Waals surface area contributed by atoms with E-state index in [2.05, 4.69) is 77.1 Å². The summed E-state index contributed by atoms with van der Waals surface area (Å²) >= 11 is 1.54. The maximum atomic E-state index is 14.0. The number of hydrogen-bond acceptors (Lipinski definition) is 11. The quantitative estimate of drug-likeness (QED) is 0.273. The second-order valence-corrected chi connectivity index (χ2v) is 18.4. The number of fused-ring (bicyclic) bond motifs is 5. The third kappa shape index (κ3) is 6.77. The summed E-state index contributed by atoms with van der Waals surface area (Å²) in [5, 5.41) is 5.77. The molecule has 0 radical (unpaired) electrons. The number of hydrazine groups is 1. The summed E-state index contributed by atoms with van der Waals surface area (Å²) in [6, 6.07) is 8.39. The molecular weight excluding hydrogens is 725 g/mol. The van der Waals surface area contributed by atoms with E-state index in [0.29, 0.717) is 25.3 Å². The highest BCUT2D eigenvalue weighted by Crippen LogP contribution is 2.45. The number of thiazole rings is 1. The molecule has 0 spiro atoms. The number of carbonyl (C=O) groups is 2. The number of benzene rings is 1. The van der Waals surface area contributed by atoms with Crippen molar-refractivity contribution in [2.45, 2.75) is 103 Å². The van der Waals surface area contributed by atoms with Crippen LogP contribution in [0, 0.1) is 11.3 Å². The molecule has 5 fully saturated rings. The highest BCUT2D eigenvalue weighted by Gasteiger charge is 2.49. The van der Waals surface area contributed by atoms with Gasteiger partial charge in [-0.3, -0.25) is 24.5 Å². The van der Waals surface area contributed by atoms with E-state index in [9.17, 15) is 9.59 Å². The maximum absolute atomic E-state index is 14.0. The number of anilines is 1. The first kappa shape index (κ1) is 37.8. The number of nitrogens with two attached hydrogens (primary N) is 1. The highest BCUT2D eigenvalue weighted by molar-refractivity contribution is 7.10. The average molecular weight is 781 g/mol. The SMILES string of the molecule is CCn1c(-c2cc(N3CCN4CCOC[C@@H]4C3)cnc2[C@H](C)OC)c2c3cc(ccc31)-c1csc(n1)C[C@H](N)C(=O)N1N[C@H](C(=O)CCC(C)(C)C2)C2CC1C2. The maximum Gasteiger partial charge on any atom is 0.254 e. The monoisotopic (exact) mass is 780 g/mol. The molecular formula is C43H56N8O4S. The Balaban J connectivity index is 1.18. The van der Waals surface area contributed by atoms with Gasteiger partial charge in [0.05, 0.1) is 71.4 Å². The Morgan fingerprint density at radius 3 is 2.79 bits per heavy atom. The number of Topliss-reactive ketones (excluding diaryl/α,β-unsaturated/α-hetero) is 1. The number of morpholine rings is 1. The number of ketones is 1. The van der Waals surface area contributed by atoms with Crippen molar-refractivity contribution in [1.82, 2.24) is 29.9 Å². The van der Waals surface area contributed by atoms with Crippen molar-refractivity contribution < 1.29 is 19.1 Å². The molecule has 0 unspecified atom stereocenters. The fourth-order valence-electron chi connectivity index (χ4n) is 9.87. The molecule has 12 nitrogen and oxygen atoms in total. The van der Waals surface area contributed by atoms with Gasteiger partial charge >= 0.3 is 0 Å².